The normalized spacial score (nSPS) is 11.0. The third-order valence-corrected chi connectivity index (χ3v) is 2.60. The molecule has 1 N–H and O–H groups in total. The lowest BCUT2D eigenvalue weighted by molar-refractivity contribution is -0.135. The molecule has 1 aromatic heterocycles. The molecule has 0 aliphatic heterocycles. The van der Waals surface area contributed by atoms with Crippen molar-refractivity contribution < 1.29 is 14.6 Å². The molecular weight excluding hydrogens is 272 g/mol. The van der Waals surface area contributed by atoms with Crippen molar-refractivity contribution in [2.45, 2.75) is 26.9 Å². The van der Waals surface area contributed by atoms with Gasteiger partial charge in [0.1, 0.15) is 6.54 Å². The van der Waals surface area contributed by atoms with Crippen LogP contribution in [0.4, 0.5) is 5.95 Å². The average Bonchev–Trinajstić information content (AvgIpc) is 2.32. The van der Waals surface area contributed by atoms with E-state index in [9.17, 15) is 4.79 Å². The zero-order valence-corrected chi connectivity index (χ0v) is 13.3. The highest BCUT2D eigenvalue weighted by molar-refractivity contribution is 5.72. The number of carboxylic acids is 1. The van der Waals surface area contributed by atoms with Gasteiger partial charge in [0.25, 0.3) is 0 Å². The number of carbonyl (C=O) groups is 1. The Morgan fingerprint density at radius 1 is 1.33 bits per heavy atom. The summed E-state index contributed by atoms with van der Waals surface area (Å²) in [4.78, 5) is 23.3. The summed E-state index contributed by atoms with van der Waals surface area (Å²) < 4.78 is 5.58. The van der Waals surface area contributed by atoms with Crippen LogP contribution >= 0.6 is 0 Å². The van der Waals surface area contributed by atoms with E-state index in [1.54, 1.807) is 11.0 Å². The van der Waals surface area contributed by atoms with Crippen LogP contribution in [-0.4, -0.2) is 65.8 Å². The summed E-state index contributed by atoms with van der Waals surface area (Å²) in [7, 11) is 3.87. The molecule has 0 atom stereocenters. The van der Waals surface area contributed by atoms with Gasteiger partial charge in [0.05, 0.1) is 6.10 Å². The standard InChI is InChI=1S/C14H24N4O3/c1-10(2)21-12-8-11(3)15-14(16-12)18(9-13(19)20)7-6-17(4)5/h8,10H,6-7,9H2,1-5H3,(H,19,20). The van der Waals surface area contributed by atoms with Crippen molar-refractivity contribution in [1.82, 2.24) is 14.9 Å². The molecule has 7 nitrogen and oxygen atoms in total. The molecule has 0 saturated heterocycles. The fourth-order valence-electron chi connectivity index (χ4n) is 1.70. The van der Waals surface area contributed by atoms with E-state index in [-0.39, 0.29) is 12.6 Å². The molecule has 1 heterocycles. The molecule has 0 saturated carbocycles. The maximum atomic E-state index is 11.0. The fraction of sp³-hybridized carbons (Fsp3) is 0.643. The SMILES string of the molecule is Cc1cc(OC(C)C)nc(N(CCN(C)C)CC(=O)O)n1. The van der Waals surface area contributed by atoms with E-state index in [1.807, 2.05) is 39.8 Å². The summed E-state index contributed by atoms with van der Waals surface area (Å²) >= 11 is 0. The maximum Gasteiger partial charge on any atom is 0.323 e. The Bertz CT molecular complexity index is 477. The van der Waals surface area contributed by atoms with Crippen LogP contribution in [-0.2, 0) is 4.79 Å². The molecule has 21 heavy (non-hydrogen) atoms. The highest BCUT2D eigenvalue weighted by atomic mass is 16.5. The molecule has 1 rings (SSSR count). The topological polar surface area (TPSA) is 78.8 Å². The summed E-state index contributed by atoms with van der Waals surface area (Å²) in [6.07, 6.45) is 0.00171. The minimum atomic E-state index is -0.912. The van der Waals surface area contributed by atoms with Crippen LogP contribution in [0.25, 0.3) is 0 Å². The lowest BCUT2D eigenvalue weighted by Crippen LogP contribution is -2.37. The van der Waals surface area contributed by atoms with Crippen LogP contribution in [0.1, 0.15) is 19.5 Å². The largest absolute Gasteiger partial charge is 0.480 e. The van der Waals surface area contributed by atoms with Crippen LogP contribution in [0.15, 0.2) is 6.07 Å². The molecule has 0 spiro atoms. The number of aromatic nitrogens is 2. The van der Waals surface area contributed by atoms with Crippen molar-refractivity contribution in [3.8, 4) is 5.88 Å². The molecule has 118 valence electrons. The number of aliphatic carboxylic acids is 1. The van der Waals surface area contributed by atoms with E-state index in [0.717, 1.165) is 5.69 Å². The molecule has 0 aromatic carbocycles. The molecule has 0 bridgehead atoms. The Kier molecular flexibility index (Phi) is 6.36. The van der Waals surface area contributed by atoms with E-state index >= 15 is 0 Å². The van der Waals surface area contributed by atoms with E-state index in [0.29, 0.717) is 24.9 Å². The van der Waals surface area contributed by atoms with Gasteiger partial charge >= 0.3 is 5.97 Å². The van der Waals surface area contributed by atoms with Crippen LogP contribution < -0.4 is 9.64 Å². The first-order valence-corrected chi connectivity index (χ1v) is 6.91. The number of likely N-dealkylation sites (N-methyl/N-ethyl adjacent to an activating group) is 1. The van der Waals surface area contributed by atoms with Crippen molar-refractivity contribution >= 4 is 11.9 Å². The number of carboxylic acid groups (broad SMARTS) is 1. The Morgan fingerprint density at radius 2 is 2.00 bits per heavy atom. The monoisotopic (exact) mass is 296 g/mol. The summed E-state index contributed by atoms with van der Waals surface area (Å²) in [5.74, 6) is -0.0622. The predicted molar refractivity (Wildman–Crippen MR) is 80.9 cm³/mol. The summed E-state index contributed by atoms with van der Waals surface area (Å²) in [6, 6.07) is 1.74. The number of anilines is 1. The van der Waals surface area contributed by atoms with E-state index < -0.39 is 5.97 Å². The molecule has 7 heteroatoms. The van der Waals surface area contributed by atoms with Crippen molar-refractivity contribution in [3.63, 3.8) is 0 Å². The molecule has 0 amide bonds. The number of aryl methyl sites for hydroxylation is 1. The molecule has 0 aliphatic rings. The van der Waals surface area contributed by atoms with Crippen LogP contribution in [0.5, 0.6) is 5.88 Å². The van der Waals surface area contributed by atoms with E-state index in [1.165, 1.54) is 0 Å². The number of hydrogen-bond acceptors (Lipinski definition) is 6. The lowest BCUT2D eigenvalue weighted by atomic mass is 10.4. The first-order valence-electron chi connectivity index (χ1n) is 6.91. The predicted octanol–water partition coefficient (Wildman–Crippen LogP) is 1.02. The number of rotatable bonds is 8. The molecule has 0 fully saturated rings. The Morgan fingerprint density at radius 3 is 2.52 bits per heavy atom. The number of hydrogen-bond donors (Lipinski definition) is 1. The summed E-state index contributed by atoms with van der Waals surface area (Å²) in [6.45, 7) is 6.77. The van der Waals surface area contributed by atoms with Gasteiger partial charge < -0.3 is 19.6 Å². The quantitative estimate of drug-likeness (QED) is 0.767. The van der Waals surface area contributed by atoms with Gasteiger partial charge in [-0.3, -0.25) is 4.79 Å². The van der Waals surface area contributed by atoms with Crippen LogP contribution in [0.2, 0.25) is 0 Å². The first kappa shape index (κ1) is 17.2. The minimum absolute atomic E-state index is 0.00171. The Labute approximate surface area is 125 Å². The average molecular weight is 296 g/mol. The molecule has 0 unspecified atom stereocenters. The van der Waals surface area contributed by atoms with Crippen molar-refractivity contribution in [2.75, 3.05) is 38.6 Å². The smallest absolute Gasteiger partial charge is 0.323 e. The second kappa shape index (κ2) is 7.78. The lowest BCUT2D eigenvalue weighted by Gasteiger charge is -2.23. The fourth-order valence-corrected chi connectivity index (χ4v) is 1.70. The van der Waals surface area contributed by atoms with Gasteiger partial charge in [-0.1, -0.05) is 0 Å². The van der Waals surface area contributed by atoms with Crippen molar-refractivity contribution in [1.29, 1.82) is 0 Å². The maximum absolute atomic E-state index is 11.0. The van der Waals surface area contributed by atoms with Crippen molar-refractivity contribution in [3.05, 3.63) is 11.8 Å². The molecule has 1 aromatic rings. The zero-order chi connectivity index (χ0) is 16.0. The van der Waals surface area contributed by atoms with E-state index in [2.05, 4.69) is 9.97 Å². The van der Waals surface area contributed by atoms with Gasteiger partial charge in [-0.15, -0.1) is 0 Å². The zero-order valence-electron chi connectivity index (χ0n) is 13.3. The second-order valence-electron chi connectivity index (χ2n) is 5.43. The summed E-state index contributed by atoms with van der Waals surface area (Å²) in [5, 5.41) is 9.05. The molecule has 0 aliphatic carbocycles. The second-order valence-corrected chi connectivity index (χ2v) is 5.43. The molecular formula is C14H24N4O3. The minimum Gasteiger partial charge on any atom is -0.480 e. The van der Waals surface area contributed by atoms with Crippen LogP contribution in [0, 0.1) is 6.92 Å². The van der Waals surface area contributed by atoms with Crippen molar-refractivity contribution in [2.24, 2.45) is 0 Å². The molecule has 0 radical (unpaired) electrons. The third kappa shape index (κ3) is 6.40. The van der Waals surface area contributed by atoms with Gasteiger partial charge in [-0.05, 0) is 34.9 Å². The van der Waals surface area contributed by atoms with Gasteiger partial charge in [0.2, 0.25) is 11.8 Å². The van der Waals surface area contributed by atoms with Crippen LogP contribution in [0.3, 0.4) is 0 Å². The Hall–Kier alpha value is -1.89. The van der Waals surface area contributed by atoms with Gasteiger partial charge in [0.15, 0.2) is 0 Å². The number of ether oxygens (including phenoxy) is 1. The Balaban J connectivity index is 2.98. The van der Waals surface area contributed by atoms with Gasteiger partial charge in [-0.2, -0.15) is 4.98 Å². The number of nitrogens with zero attached hydrogens (tertiary/aromatic N) is 4. The highest BCUT2D eigenvalue weighted by Crippen LogP contribution is 2.16. The van der Waals surface area contributed by atoms with Gasteiger partial charge in [0, 0.05) is 24.8 Å². The third-order valence-electron chi connectivity index (χ3n) is 2.60. The van der Waals surface area contributed by atoms with Gasteiger partial charge in [-0.25, -0.2) is 4.98 Å². The van der Waals surface area contributed by atoms with E-state index in [4.69, 9.17) is 9.84 Å². The summed E-state index contributed by atoms with van der Waals surface area (Å²) in [5.41, 5.74) is 0.746. The first-order chi connectivity index (χ1) is 9.77. The highest BCUT2D eigenvalue weighted by Gasteiger charge is 2.16.